The summed E-state index contributed by atoms with van der Waals surface area (Å²) in [7, 11) is 0. The monoisotopic (exact) mass is 211 g/mol. The molecule has 0 aromatic heterocycles. The van der Waals surface area contributed by atoms with E-state index in [0.717, 1.165) is 6.07 Å². The van der Waals surface area contributed by atoms with Gasteiger partial charge >= 0.3 is 11.8 Å². The van der Waals surface area contributed by atoms with E-state index in [0.29, 0.717) is 5.56 Å². The summed E-state index contributed by atoms with van der Waals surface area (Å²) in [5, 5.41) is 2.20. The summed E-state index contributed by atoms with van der Waals surface area (Å²) in [5.41, 5.74) is 2.52. The van der Waals surface area contributed by atoms with E-state index >= 15 is 0 Å². The lowest BCUT2D eigenvalue weighted by molar-refractivity contribution is -0.136. The second kappa shape index (κ2) is 4.52. The fraction of sp³-hybridized carbons (Fsp3) is 0.111. The summed E-state index contributed by atoms with van der Waals surface area (Å²) in [6, 6.07) is 3.94. The quantitative estimate of drug-likeness (QED) is 0.266. The van der Waals surface area contributed by atoms with Crippen LogP contribution >= 0.6 is 0 Å². The van der Waals surface area contributed by atoms with Crippen molar-refractivity contribution in [3.8, 4) is 0 Å². The zero-order valence-electron chi connectivity index (χ0n) is 8.00. The molecule has 0 saturated carbocycles. The summed E-state index contributed by atoms with van der Waals surface area (Å²) in [6.07, 6.45) is 0. The van der Waals surface area contributed by atoms with Crippen molar-refractivity contribution in [2.45, 2.75) is 6.92 Å². The minimum absolute atomic E-state index is 0.209. The van der Waals surface area contributed by atoms with Gasteiger partial charge in [0.2, 0.25) is 0 Å². The molecule has 4 N–H and O–H groups in total. The summed E-state index contributed by atoms with van der Waals surface area (Å²) in [6.45, 7) is 1.67. The Morgan fingerprint density at radius 3 is 2.47 bits per heavy atom. The highest BCUT2D eigenvalue weighted by Crippen LogP contribution is 2.12. The first kappa shape index (κ1) is 11.1. The molecule has 0 atom stereocenters. The van der Waals surface area contributed by atoms with Crippen LogP contribution in [-0.2, 0) is 9.59 Å². The van der Waals surface area contributed by atoms with Crippen LogP contribution in [0.2, 0.25) is 0 Å². The predicted molar refractivity (Wildman–Crippen MR) is 52.1 cm³/mol. The third kappa shape index (κ3) is 3.03. The molecule has 0 fully saturated rings. The Balaban J connectivity index is 2.81. The Morgan fingerprint density at radius 1 is 1.27 bits per heavy atom. The van der Waals surface area contributed by atoms with Crippen LogP contribution in [0.25, 0.3) is 0 Å². The van der Waals surface area contributed by atoms with E-state index in [1.807, 2.05) is 0 Å². The molecule has 0 aliphatic rings. The average Bonchev–Trinajstić information content (AvgIpc) is 2.14. The number of anilines is 1. The van der Waals surface area contributed by atoms with Crippen molar-refractivity contribution in [1.29, 1.82) is 0 Å². The number of carbonyl (C=O) groups excluding carboxylic acids is 2. The van der Waals surface area contributed by atoms with Gasteiger partial charge in [-0.05, 0) is 30.7 Å². The van der Waals surface area contributed by atoms with E-state index in [4.69, 9.17) is 5.84 Å². The van der Waals surface area contributed by atoms with Crippen molar-refractivity contribution in [3.63, 3.8) is 0 Å². The number of halogens is 1. The molecule has 6 heteroatoms. The van der Waals surface area contributed by atoms with E-state index in [2.05, 4.69) is 5.32 Å². The number of hydrogen-bond acceptors (Lipinski definition) is 3. The number of hydrazine groups is 1. The number of rotatable bonds is 1. The number of nitrogens with two attached hydrogens (primary N) is 1. The highest BCUT2D eigenvalue weighted by molar-refractivity contribution is 6.39. The van der Waals surface area contributed by atoms with E-state index in [-0.39, 0.29) is 5.69 Å². The maximum Gasteiger partial charge on any atom is 0.323 e. The van der Waals surface area contributed by atoms with E-state index < -0.39 is 17.6 Å². The van der Waals surface area contributed by atoms with Crippen LogP contribution in [0.4, 0.5) is 10.1 Å². The predicted octanol–water partition coefficient (Wildman–Crippen LogP) is 0.0625. The largest absolute Gasteiger partial charge is 0.323 e. The molecule has 0 unspecified atom stereocenters. The Hall–Kier alpha value is -1.95. The SMILES string of the molecule is Cc1cc(F)cc(NC(=O)C(=O)NN)c1. The molecule has 1 rings (SSSR count). The van der Waals surface area contributed by atoms with Gasteiger partial charge < -0.3 is 5.32 Å². The fourth-order valence-electron chi connectivity index (χ4n) is 1.06. The lowest BCUT2D eigenvalue weighted by Crippen LogP contribution is -2.39. The third-order valence-corrected chi connectivity index (χ3v) is 1.64. The molecule has 0 radical (unpaired) electrons. The van der Waals surface area contributed by atoms with E-state index in [1.54, 1.807) is 12.3 Å². The normalized spacial score (nSPS) is 9.53. The number of nitrogens with one attached hydrogen (secondary N) is 2. The number of amides is 2. The van der Waals surface area contributed by atoms with Crippen LogP contribution in [0, 0.1) is 12.7 Å². The van der Waals surface area contributed by atoms with Crippen molar-refractivity contribution < 1.29 is 14.0 Å². The highest BCUT2D eigenvalue weighted by atomic mass is 19.1. The maximum atomic E-state index is 12.9. The van der Waals surface area contributed by atoms with Crippen molar-refractivity contribution in [3.05, 3.63) is 29.6 Å². The molecule has 0 heterocycles. The summed E-state index contributed by atoms with van der Waals surface area (Å²) >= 11 is 0. The maximum absolute atomic E-state index is 12.9. The van der Waals surface area contributed by atoms with Gasteiger partial charge in [-0.2, -0.15) is 0 Å². The zero-order valence-corrected chi connectivity index (χ0v) is 8.00. The molecular weight excluding hydrogens is 201 g/mol. The molecule has 1 aromatic rings. The number of aryl methyl sites for hydroxylation is 1. The van der Waals surface area contributed by atoms with Gasteiger partial charge in [0.1, 0.15) is 5.82 Å². The van der Waals surface area contributed by atoms with Crippen molar-refractivity contribution in [1.82, 2.24) is 5.43 Å². The van der Waals surface area contributed by atoms with Gasteiger partial charge in [0, 0.05) is 5.69 Å². The number of hydrogen-bond donors (Lipinski definition) is 3. The molecule has 0 bridgehead atoms. The first-order valence-corrected chi connectivity index (χ1v) is 4.12. The highest BCUT2D eigenvalue weighted by Gasteiger charge is 2.12. The van der Waals surface area contributed by atoms with Crippen molar-refractivity contribution in [2.24, 2.45) is 5.84 Å². The smallest absolute Gasteiger partial charge is 0.318 e. The summed E-state index contributed by atoms with van der Waals surface area (Å²) in [4.78, 5) is 21.8. The molecule has 1 aromatic carbocycles. The van der Waals surface area contributed by atoms with E-state index in [1.165, 1.54) is 12.1 Å². The summed E-state index contributed by atoms with van der Waals surface area (Å²) in [5.74, 6) is 2.33. The molecular formula is C9H10FN3O2. The minimum atomic E-state index is -0.989. The molecule has 0 spiro atoms. The molecule has 0 aliphatic carbocycles. The second-order valence-electron chi connectivity index (χ2n) is 2.94. The Morgan fingerprint density at radius 2 is 1.93 bits per heavy atom. The Bertz CT molecular complexity index is 386. The van der Waals surface area contributed by atoms with Gasteiger partial charge in [0.25, 0.3) is 0 Å². The minimum Gasteiger partial charge on any atom is -0.318 e. The van der Waals surface area contributed by atoms with Gasteiger partial charge in [-0.1, -0.05) is 0 Å². The Labute approximate surface area is 85.4 Å². The standard InChI is InChI=1S/C9H10FN3O2/c1-5-2-6(10)4-7(3-5)12-8(14)9(15)13-11/h2-4H,11H2,1H3,(H,12,14)(H,13,15). The van der Waals surface area contributed by atoms with Gasteiger partial charge in [-0.15, -0.1) is 0 Å². The molecule has 5 nitrogen and oxygen atoms in total. The molecule has 2 amide bonds. The first-order chi connectivity index (χ1) is 7.02. The third-order valence-electron chi connectivity index (χ3n) is 1.64. The van der Waals surface area contributed by atoms with Gasteiger partial charge in [0.05, 0.1) is 0 Å². The van der Waals surface area contributed by atoms with Crippen LogP contribution in [0.3, 0.4) is 0 Å². The first-order valence-electron chi connectivity index (χ1n) is 4.12. The lowest BCUT2D eigenvalue weighted by Gasteiger charge is -2.04. The van der Waals surface area contributed by atoms with Crippen LogP contribution < -0.4 is 16.6 Å². The summed E-state index contributed by atoms with van der Waals surface area (Å²) < 4.78 is 12.9. The fourth-order valence-corrected chi connectivity index (χ4v) is 1.06. The van der Waals surface area contributed by atoms with Gasteiger partial charge in [-0.3, -0.25) is 15.0 Å². The Kier molecular flexibility index (Phi) is 3.35. The van der Waals surface area contributed by atoms with Crippen LogP contribution in [0.5, 0.6) is 0 Å². The molecule has 15 heavy (non-hydrogen) atoms. The van der Waals surface area contributed by atoms with Crippen LogP contribution in [0.1, 0.15) is 5.56 Å². The van der Waals surface area contributed by atoms with Crippen molar-refractivity contribution in [2.75, 3.05) is 5.32 Å². The zero-order chi connectivity index (χ0) is 11.4. The number of carbonyl (C=O) groups is 2. The molecule has 0 aliphatic heterocycles. The topological polar surface area (TPSA) is 84.2 Å². The molecule has 80 valence electrons. The van der Waals surface area contributed by atoms with Crippen molar-refractivity contribution >= 4 is 17.5 Å². The average molecular weight is 211 g/mol. The van der Waals surface area contributed by atoms with Crippen LogP contribution in [0.15, 0.2) is 18.2 Å². The van der Waals surface area contributed by atoms with E-state index in [9.17, 15) is 14.0 Å². The second-order valence-corrected chi connectivity index (χ2v) is 2.94. The van der Waals surface area contributed by atoms with Gasteiger partial charge in [0.15, 0.2) is 0 Å². The lowest BCUT2D eigenvalue weighted by atomic mass is 10.2. The van der Waals surface area contributed by atoms with Crippen LogP contribution in [-0.4, -0.2) is 11.8 Å². The molecule has 0 saturated heterocycles. The number of benzene rings is 1. The van der Waals surface area contributed by atoms with Gasteiger partial charge in [-0.25, -0.2) is 10.2 Å².